The van der Waals surface area contributed by atoms with Crippen LogP contribution in [0.2, 0.25) is 0 Å². The lowest BCUT2D eigenvalue weighted by atomic mass is 9.64. The van der Waals surface area contributed by atoms with Gasteiger partial charge in [-0.2, -0.15) is 0 Å². The summed E-state index contributed by atoms with van der Waals surface area (Å²) in [6, 6.07) is 37.8. The summed E-state index contributed by atoms with van der Waals surface area (Å²) in [4.78, 5) is 15.7. The smallest absolute Gasteiger partial charge is 0.192 e. The Balaban J connectivity index is 1.52. The second-order valence-corrected chi connectivity index (χ2v) is 11.7. The topological polar surface area (TPSA) is 25.2 Å². The molecule has 8 rings (SSSR count). The van der Waals surface area contributed by atoms with Gasteiger partial charge in [0.1, 0.15) is 0 Å². The number of hydrogen-bond acceptors (Lipinski definition) is 2. The summed E-state index contributed by atoms with van der Waals surface area (Å²) in [6.45, 7) is 6.25. The van der Waals surface area contributed by atoms with Gasteiger partial charge in [-0.05, 0) is 84.5 Å². The third kappa shape index (κ3) is 3.06. The second-order valence-electron chi connectivity index (χ2n) is 11.7. The van der Waals surface area contributed by atoms with E-state index in [1.165, 1.54) is 44.5 Å². The number of benzene rings is 5. The fraction of sp³-hybridized carbons (Fsp3) is 0.132. The molecule has 41 heavy (non-hydrogen) atoms. The predicted molar refractivity (Wildman–Crippen MR) is 169 cm³/mol. The average molecular weight is 531 g/mol. The Morgan fingerprint density at radius 3 is 1.76 bits per heavy atom. The number of aryl methyl sites for hydroxylation is 4. The van der Waals surface area contributed by atoms with Gasteiger partial charge in [0.25, 0.3) is 0 Å². The molecule has 0 saturated heterocycles. The van der Waals surface area contributed by atoms with Crippen molar-refractivity contribution in [2.75, 3.05) is 4.90 Å². The van der Waals surface area contributed by atoms with E-state index in [9.17, 15) is 4.79 Å². The average Bonchev–Trinajstić information content (AvgIpc) is 3.28. The number of pyridine rings is 1. The van der Waals surface area contributed by atoms with Gasteiger partial charge in [-0.15, -0.1) is 0 Å². The standard InChI is InChI=1S/C38H30N2O/c1-23-13-16-35-32(19-23)38(30-11-7-5-9-27(30)28-10-6-8-12-31(28)38)33-20-24(2)14-17-36(33)40(35)26-15-18-34-29(21-26)37(41)25(3)22-39(34)4/h5-22H,1-4H3. The number of hydrogen-bond donors (Lipinski definition) is 0. The Hall–Kier alpha value is -4.89. The lowest BCUT2D eigenvalue weighted by Crippen LogP contribution is -2.36. The zero-order chi connectivity index (χ0) is 28.0. The van der Waals surface area contributed by atoms with Crippen molar-refractivity contribution in [1.29, 1.82) is 0 Å². The number of fused-ring (bicyclic) bond motifs is 10. The Morgan fingerprint density at radius 2 is 1.17 bits per heavy atom. The van der Waals surface area contributed by atoms with Crippen molar-refractivity contribution in [2.45, 2.75) is 26.2 Å². The van der Waals surface area contributed by atoms with Gasteiger partial charge in [-0.3, -0.25) is 4.79 Å². The Morgan fingerprint density at radius 1 is 0.610 bits per heavy atom. The van der Waals surface area contributed by atoms with Crippen LogP contribution in [0.1, 0.15) is 38.9 Å². The lowest BCUT2D eigenvalue weighted by Gasteiger charge is -2.45. The maximum atomic E-state index is 13.3. The first-order valence-corrected chi connectivity index (χ1v) is 14.2. The molecule has 0 fully saturated rings. The highest BCUT2D eigenvalue weighted by atomic mass is 16.1. The molecule has 1 aromatic heterocycles. The minimum atomic E-state index is -0.448. The highest BCUT2D eigenvalue weighted by Gasteiger charge is 2.51. The zero-order valence-corrected chi connectivity index (χ0v) is 23.7. The van der Waals surface area contributed by atoms with Crippen molar-refractivity contribution in [2.24, 2.45) is 7.05 Å². The molecule has 5 aromatic carbocycles. The molecule has 0 amide bonds. The zero-order valence-electron chi connectivity index (χ0n) is 23.7. The van der Waals surface area contributed by atoms with Crippen molar-refractivity contribution in [3.8, 4) is 11.1 Å². The molecule has 0 N–H and O–H groups in total. The molecule has 1 aliphatic heterocycles. The molecule has 3 nitrogen and oxygen atoms in total. The van der Waals surface area contributed by atoms with Gasteiger partial charge in [0, 0.05) is 29.9 Å². The number of nitrogens with zero attached hydrogens (tertiary/aromatic N) is 2. The van der Waals surface area contributed by atoms with Gasteiger partial charge in [0.2, 0.25) is 0 Å². The van der Waals surface area contributed by atoms with Crippen LogP contribution >= 0.6 is 0 Å². The largest absolute Gasteiger partial charge is 0.350 e. The molecule has 3 heteroatoms. The molecule has 1 aliphatic carbocycles. The van der Waals surface area contributed by atoms with Crippen molar-refractivity contribution in [3.05, 3.63) is 158 Å². The first kappa shape index (κ1) is 24.0. The van der Waals surface area contributed by atoms with Gasteiger partial charge < -0.3 is 9.47 Å². The van der Waals surface area contributed by atoms with Crippen LogP contribution in [0.25, 0.3) is 22.0 Å². The summed E-state index contributed by atoms with van der Waals surface area (Å²) in [5, 5.41) is 0.740. The number of anilines is 3. The van der Waals surface area contributed by atoms with Crippen LogP contribution in [0.3, 0.4) is 0 Å². The number of aromatic nitrogens is 1. The molecule has 0 bridgehead atoms. The van der Waals surface area contributed by atoms with Gasteiger partial charge in [-0.1, -0.05) is 83.9 Å². The summed E-state index contributed by atoms with van der Waals surface area (Å²) in [5.74, 6) is 0. The van der Waals surface area contributed by atoms with Crippen LogP contribution in [0.5, 0.6) is 0 Å². The molecule has 6 aromatic rings. The predicted octanol–water partition coefficient (Wildman–Crippen LogP) is 8.61. The summed E-state index contributed by atoms with van der Waals surface area (Å²) in [6.07, 6.45) is 1.92. The first-order chi connectivity index (χ1) is 19.9. The van der Waals surface area contributed by atoms with E-state index < -0.39 is 5.41 Å². The van der Waals surface area contributed by atoms with Crippen molar-refractivity contribution in [1.82, 2.24) is 4.57 Å². The summed E-state index contributed by atoms with van der Waals surface area (Å²) < 4.78 is 2.04. The molecule has 0 radical (unpaired) electrons. The van der Waals surface area contributed by atoms with Crippen LogP contribution in [0.4, 0.5) is 17.1 Å². The molecule has 0 atom stereocenters. The van der Waals surface area contributed by atoms with Gasteiger partial charge in [-0.25, -0.2) is 0 Å². The Kier molecular flexibility index (Phi) is 4.85. The summed E-state index contributed by atoms with van der Waals surface area (Å²) in [5.41, 5.74) is 14.8. The fourth-order valence-corrected chi connectivity index (χ4v) is 7.44. The van der Waals surface area contributed by atoms with Crippen LogP contribution in [0.15, 0.2) is 114 Å². The molecule has 2 aliphatic rings. The SMILES string of the molecule is Cc1ccc2c(c1)C1(c3ccccc3-c3ccccc31)c1cc(C)ccc1N2c1ccc2c(c1)c(=O)c(C)cn2C. The van der Waals surface area contributed by atoms with Crippen molar-refractivity contribution < 1.29 is 0 Å². The minimum Gasteiger partial charge on any atom is -0.350 e. The van der Waals surface area contributed by atoms with Crippen molar-refractivity contribution in [3.63, 3.8) is 0 Å². The van der Waals surface area contributed by atoms with E-state index in [1.54, 1.807) is 0 Å². The van der Waals surface area contributed by atoms with E-state index >= 15 is 0 Å². The first-order valence-electron chi connectivity index (χ1n) is 14.2. The molecule has 0 saturated carbocycles. The van der Waals surface area contributed by atoms with Crippen LogP contribution in [0, 0.1) is 20.8 Å². The van der Waals surface area contributed by atoms with Crippen LogP contribution in [-0.4, -0.2) is 4.57 Å². The van der Waals surface area contributed by atoms with E-state index in [0.29, 0.717) is 0 Å². The monoisotopic (exact) mass is 530 g/mol. The maximum absolute atomic E-state index is 13.3. The van der Waals surface area contributed by atoms with E-state index in [4.69, 9.17) is 0 Å². The lowest BCUT2D eigenvalue weighted by molar-refractivity contribution is 0.750. The molecule has 1 spiro atoms. The second kappa shape index (κ2) is 8.31. The Labute approximate surface area is 240 Å². The van der Waals surface area contributed by atoms with E-state index in [-0.39, 0.29) is 5.43 Å². The highest BCUT2D eigenvalue weighted by Crippen LogP contribution is 2.63. The normalized spacial score (nSPS) is 14.1. The van der Waals surface area contributed by atoms with Crippen LogP contribution < -0.4 is 10.3 Å². The fourth-order valence-electron chi connectivity index (χ4n) is 7.44. The highest BCUT2D eigenvalue weighted by molar-refractivity contribution is 5.97. The molecule has 0 unspecified atom stereocenters. The molecule has 198 valence electrons. The van der Waals surface area contributed by atoms with E-state index in [2.05, 4.69) is 122 Å². The van der Waals surface area contributed by atoms with Crippen molar-refractivity contribution >= 4 is 28.0 Å². The number of rotatable bonds is 1. The molecule has 2 heterocycles. The third-order valence-corrected chi connectivity index (χ3v) is 9.15. The van der Waals surface area contributed by atoms with E-state index in [0.717, 1.165) is 33.5 Å². The third-order valence-electron chi connectivity index (χ3n) is 9.15. The maximum Gasteiger partial charge on any atom is 0.192 e. The van der Waals surface area contributed by atoms with Gasteiger partial charge in [0.05, 0.1) is 22.3 Å². The van der Waals surface area contributed by atoms with E-state index in [1.807, 2.05) is 24.7 Å². The summed E-state index contributed by atoms with van der Waals surface area (Å²) >= 11 is 0. The quantitative estimate of drug-likeness (QED) is 0.212. The summed E-state index contributed by atoms with van der Waals surface area (Å²) in [7, 11) is 2.00. The Bertz CT molecular complexity index is 2030. The minimum absolute atomic E-state index is 0.0836. The van der Waals surface area contributed by atoms with Gasteiger partial charge in [0.15, 0.2) is 5.43 Å². The van der Waals surface area contributed by atoms with Gasteiger partial charge >= 0.3 is 0 Å². The molecular formula is C38H30N2O. The van der Waals surface area contributed by atoms with Crippen LogP contribution in [-0.2, 0) is 12.5 Å². The molecular weight excluding hydrogens is 500 g/mol.